The molecule has 3 N–H and O–H groups in total. The first kappa shape index (κ1) is 20.2. The van der Waals surface area contributed by atoms with Crippen molar-refractivity contribution in [1.82, 2.24) is 15.2 Å². The Morgan fingerprint density at radius 1 is 1.03 bits per heavy atom. The van der Waals surface area contributed by atoms with Crippen molar-refractivity contribution in [3.05, 3.63) is 53.6 Å². The van der Waals surface area contributed by atoms with Crippen LogP contribution >= 0.6 is 0 Å². The molecule has 4 rings (SSSR count). The third-order valence-corrected chi connectivity index (χ3v) is 5.18. The summed E-state index contributed by atoms with van der Waals surface area (Å²) in [5, 5.41) is 27.7. The summed E-state index contributed by atoms with van der Waals surface area (Å²) in [6, 6.07) is 12.5. The summed E-state index contributed by atoms with van der Waals surface area (Å²) in [5.41, 5.74) is 3.82. The molecule has 0 unspecified atom stereocenters. The van der Waals surface area contributed by atoms with Crippen molar-refractivity contribution in [2.45, 2.75) is 13.3 Å². The lowest BCUT2D eigenvalue weighted by Crippen LogP contribution is -2.01. The Balaban J connectivity index is 1.92. The summed E-state index contributed by atoms with van der Waals surface area (Å²) in [4.78, 5) is 16.7. The number of hydrogen-bond acceptors (Lipinski definition) is 6. The molecule has 0 aliphatic rings. The van der Waals surface area contributed by atoms with Gasteiger partial charge >= 0.3 is 5.97 Å². The first-order chi connectivity index (χ1) is 15.0. The number of methoxy groups -OCH3 is 2. The van der Waals surface area contributed by atoms with Crippen molar-refractivity contribution in [2.75, 3.05) is 14.2 Å². The highest BCUT2D eigenvalue weighted by Gasteiger charge is 2.21. The molecule has 0 bridgehead atoms. The second kappa shape index (κ2) is 7.98. The molecule has 0 saturated carbocycles. The molecule has 2 aromatic carbocycles. The molecular weight excluding hydrogens is 398 g/mol. The SMILES string of the molecule is CCc1ccc(-c2[nH]nc3nc(-c4cc(OC)c(O)c(OC)c4)cc(C(=O)O)c23)cc1. The van der Waals surface area contributed by atoms with Crippen molar-refractivity contribution in [3.8, 4) is 39.8 Å². The van der Waals surface area contributed by atoms with E-state index in [0.717, 1.165) is 12.0 Å². The van der Waals surface area contributed by atoms with E-state index in [-0.39, 0.29) is 28.5 Å². The topological polar surface area (TPSA) is 118 Å². The number of rotatable bonds is 6. The molecule has 0 fully saturated rings. The van der Waals surface area contributed by atoms with Crippen molar-refractivity contribution in [3.63, 3.8) is 0 Å². The van der Waals surface area contributed by atoms with Gasteiger partial charge in [-0.3, -0.25) is 5.10 Å². The number of fused-ring (bicyclic) bond motifs is 1. The summed E-state index contributed by atoms with van der Waals surface area (Å²) < 4.78 is 10.4. The van der Waals surface area contributed by atoms with Gasteiger partial charge in [0.1, 0.15) is 0 Å². The molecule has 0 aliphatic carbocycles. The summed E-state index contributed by atoms with van der Waals surface area (Å²) in [6.07, 6.45) is 0.912. The third-order valence-electron chi connectivity index (χ3n) is 5.18. The monoisotopic (exact) mass is 419 g/mol. The molecule has 2 heterocycles. The van der Waals surface area contributed by atoms with E-state index in [9.17, 15) is 15.0 Å². The molecule has 8 heteroatoms. The average molecular weight is 419 g/mol. The van der Waals surface area contributed by atoms with Crippen LogP contribution in [0.15, 0.2) is 42.5 Å². The van der Waals surface area contributed by atoms with Gasteiger partial charge in [-0.15, -0.1) is 0 Å². The predicted octanol–water partition coefficient (Wildman–Crippen LogP) is 4.28. The van der Waals surface area contributed by atoms with E-state index in [1.54, 1.807) is 12.1 Å². The fourth-order valence-corrected chi connectivity index (χ4v) is 3.50. The van der Waals surface area contributed by atoms with Gasteiger partial charge < -0.3 is 19.7 Å². The standard InChI is InChI=1S/C23H21N3O5/c1-4-12-5-7-13(8-6-12)20-19-15(23(28)29)11-16(24-22(19)26-25-20)14-9-17(30-2)21(27)18(10-14)31-3/h5-11,27H,4H2,1-3H3,(H,28,29)(H,24,25,26). The number of H-pyrrole nitrogens is 1. The number of nitrogens with one attached hydrogen (secondary N) is 1. The van der Waals surface area contributed by atoms with Gasteiger partial charge in [-0.05, 0) is 30.2 Å². The zero-order chi connectivity index (χ0) is 22.1. The highest BCUT2D eigenvalue weighted by molar-refractivity contribution is 6.08. The Kier molecular flexibility index (Phi) is 5.21. The number of benzene rings is 2. The van der Waals surface area contributed by atoms with Gasteiger partial charge in [0.05, 0.1) is 36.6 Å². The number of pyridine rings is 1. The molecule has 8 nitrogen and oxygen atoms in total. The first-order valence-electron chi connectivity index (χ1n) is 9.63. The van der Waals surface area contributed by atoms with Crippen molar-refractivity contribution in [1.29, 1.82) is 0 Å². The van der Waals surface area contributed by atoms with E-state index in [1.165, 1.54) is 25.8 Å². The summed E-state index contributed by atoms with van der Waals surface area (Å²) in [5.74, 6) is -0.872. The van der Waals surface area contributed by atoms with Crippen LogP contribution < -0.4 is 9.47 Å². The van der Waals surface area contributed by atoms with Crippen LogP contribution in [0.2, 0.25) is 0 Å². The van der Waals surface area contributed by atoms with E-state index < -0.39 is 5.97 Å². The summed E-state index contributed by atoms with van der Waals surface area (Å²) >= 11 is 0. The zero-order valence-electron chi connectivity index (χ0n) is 17.3. The van der Waals surface area contributed by atoms with Crippen molar-refractivity contribution in [2.24, 2.45) is 0 Å². The third kappa shape index (κ3) is 3.52. The summed E-state index contributed by atoms with van der Waals surface area (Å²) in [6.45, 7) is 2.07. The van der Waals surface area contributed by atoms with Crippen LogP contribution in [0, 0.1) is 0 Å². The zero-order valence-corrected chi connectivity index (χ0v) is 17.3. The van der Waals surface area contributed by atoms with Gasteiger partial charge in [0.15, 0.2) is 17.1 Å². The highest BCUT2D eigenvalue weighted by atomic mass is 16.5. The van der Waals surface area contributed by atoms with E-state index in [0.29, 0.717) is 22.3 Å². The van der Waals surface area contributed by atoms with Crippen LogP contribution in [0.25, 0.3) is 33.5 Å². The number of hydrogen-bond donors (Lipinski definition) is 3. The van der Waals surface area contributed by atoms with E-state index in [4.69, 9.17) is 9.47 Å². The van der Waals surface area contributed by atoms with Crippen LogP contribution in [-0.2, 0) is 6.42 Å². The quantitative estimate of drug-likeness (QED) is 0.427. The number of phenolic OH excluding ortho intramolecular Hbond substituents is 1. The number of carboxylic acid groups (broad SMARTS) is 1. The van der Waals surface area contributed by atoms with Crippen LogP contribution in [0.5, 0.6) is 17.2 Å². The van der Waals surface area contributed by atoms with Crippen LogP contribution in [0.3, 0.4) is 0 Å². The lowest BCUT2D eigenvalue weighted by atomic mass is 10.0. The van der Waals surface area contributed by atoms with Crippen molar-refractivity contribution >= 4 is 17.0 Å². The van der Waals surface area contributed by atoms with E-state index in [1.807, 2.05) is 24.3 Å². The second-order valence-electron chi connectivity index (χ2n) is 6.94. The molecule has 0 spiro atoms. The Bertz CT molecular complexity index is 1250. The second-order valence-corrected chi connectivity index (χ2v) is 6.94. The maximum atomic E-state index is 12.1. The van der Waals surface area contributed by atoms with Gasteiger partial charge in [0.2, 0.25) is 5.75 Å². The molecular formula is C23H21N3O5. The Hall–Kier alpha value is -4.07. The fourth-order valence-electron chi connectivity index (χ4n) is 3.50. The smallest absolute Gasteiger partial charge is 0.336 e. The number of phenols is 1. The highest BCUT2D eigenvalue weighted by Crippen LogP contribution is 2.41. The fraction of sp³-hybridized carbons (Fsp3) is 0.174. The van der Waals surface area contributed by atoms with Crippen LogP contribution in [0.1, 0.15) is 22.8 Å². The minimum absolute atomic E-state index is 0.0642. The van der Waals surface area contributed by atoms with Gasteiger partial charge in [-0.25, -0.2) is 9.78 Å². The Labute approximate surface area is 178 Å². The molecule has 4 aromatic rings. The first-order valence-corrected chi connectivity index (χ1v) is 9.63. The number of aryl methyl sites for hydroxylation is 1. The summed E-state index contributed by atoms with van der Waals surface area (Å²) in [7, 11) is 2.84. The molecule has 2 aromatic heterocycles. The molecule has 0 amide bonds. The minimum Gasteiger partial charge on any atom is -0.502 e. The number of carboxylic acids is 1. The number of aromatic amines is 1. The van der Waals surface area contributed by atoms with Gasteiger partial charge in [0.25, 0.3) is 0 Å². The number of carbonyl (C=O) groups is 1. The normalized spacial score (nSPS) is 10.9. The molecule has 0 aliphatic heterocycles. The molecule has 31 heavy (non-hydrogen) atoms. The maximum absolute atomic E-state index is 12.1. The van der Waals surface area contributed by atoms with Crippen LogP contribution in [-0.4, -0.2) is 45.6 Å². The number of aromatic hydroxyl groups is 1. The number of aromatic carboxylic acids is 1. The minimum atomic E-state index is -1.10. The van der Waals surface area contributed by atoms with Crippen molar-refractivity contribution < 1.29 is 24.5 Å². The van der Waals surface area contributed by atoms with Gasteiger partial charge in [-0.2, -0.15) is 5.10 Å². The molecule has 0 radical (unpaired) electrons. The van der Waals surface area contributed by atoms with Crippen LogP contribution in [0.4, 0.5) is 0 Å². The molecule has 0 atom stereocenters. The maximum Gasteiger partial charge on any atom is 0.336 e. The molecule has 0 saturated heterocycles. The lowest BCUT2D eigenvalue weighted by Gasteiger charge is -2.11. The number of ether oxygens (including phenoxy) is 2. The van der Waals surface area contributed by atoms with E-state index >= 15 is 0 Å². The van der Waals surface area contributed by atoms with Gasteiger partial charge in [0, 0.05) is 11.1 Å². The van der Waals surface area contributed by atoms with Gasteiger partial charge in [-0.1, -0.05) is 31.2 Å². The lowest BCUT2D eigenvalue weighted by molar-refractivity contribution is 0.0699. The largest absolute Gasteiger partial charge is 0.502 e. The Morgan fingerprint density at radius 3 is 2.23 bits per heavy atom. The number of nitrogens with zero attached hydrogens (tertiary/aromatic N) is 2. The molecule has 158 valence electrons. The Morgan fingerprint density at radius 2 is 1.68 bits per heavy atom. The van der Waals surface area contributed by atoms with E-state index in [2.05, 4.69) is 22.1 Å². The number of aromatic nitrogens is 3. The predicted molar refractivity (Wildman–Crippen MR) is 116 cm³/mol. The average Bonchev–Trinajstić information content (AvgIpc) is 3.22.